The molecule has 0 aromatic heterocycles. The molecule has 1 atom stereocenters. The van der Waals surface area contributed by atoms with E-state index in [4.69, 9.17) is 16.3 Å². The van der Waals surface area contributed by atoms with Crippen LogP contribution in [-0.2, 0) is 14.8 Å². The maximum Gasteiger partial charge on any atom is 0.315 e. The van der Waals surface area contributed by atoms with Gasteiger partial charge in [-0.15, -0.1) is 0 Å². The summed E-state index contributed by atoms with van der Waals surface area (Å²) in [5.41, 5.74) is 0. The van der Waals surface area contributed by atoms with Crippen LogP contribution in [0.5, 0.6) is 5.75 Å². The maximum atomic E-state index is 12.5. The molecule has 0 saturated carbocycles. The van der Waals surface area contributed by atoms with E-state index >= 15 is 0 Å². The van der Waals surface area contributed by atoms with Gasteiger partial charge in [0.25, 0.3) is 0 Å². The number of esters is 1. The van der Waals surface area contributed by atoms with Crippen molar-refractivity contribution in [3.05, 3.63) is 41.4 Å². The number of halogens is 1. The summed E-state index contributed by atoms with van der Waals surface area (Å²) in [6.07, 6.45) is 2.43. The molecule has 0 spiro atoms. The molecule has 1 aliphatic heterocycles. The highest BCUT2D eigenvalue weighted by molar-refractivity contribution is 7.88. The number of hydrogen-bond acceptors (Lipinski definition) is 4. The van der Waals surface area contributed by atoms with Crippen LogP contribution in [-0.4, -0.2) is 38.0 Å². The third-order valence-corrected chi connectivity index (χ3v) is 5.83. The summed E-state index contributed by atoms with van der Waals surface area (Å²) in [4.78, 5) is 12.5. The van der Waals surface area contributed by atoms with Crippen LogP contribution >= 0.6 is 11.6 Å². The fourth-order valence-corrected chi connectivity index (χ4v) is 4.09. The number of carbonyl (C=O) groups excluding carboxylic acids is 1. The smallest absolute Gasteiger partial charge is 0.315 e. The highest BCUT2D eigenvalue weighted by atomic mass is 35.5. The Kier molecular flexibility index (Phi) is 4.80. The van der Waals surface area contributed by atoms with Crippen molar-refractivity contribution >= 4 is 38.4 Å². The number of rotatable bonds is 3. The third kappa shape index (κ3) is 3.55. The summed E-state index contributed by atoms with van der Waals surface area (Å²) in [7, 11) is -3.30. The van der Waals surface area contributed by atoms with E-state index in [1.807, 2.05) is 24.3 Å². The summed E-state index contributed by atoms with van der Waals surface area (Å²) in [5.74, 6) is -0.421. The zero-order valence-electron chi connectivity index (χ0n) is 13.2. The minimum absolute atomic E-state index is 0.170. The molecule has 5 nitrogen and oxygen atoms in total. The number of benzene rings is 2. The minimum atomic E-state index is -3.30. The van der Waals surface area contributed by atoms with Gasteiger partial charge in [0.1, 0.15) is 5.75 Å². The van der Waals surface area contributed by atoms with Crippen molar-refractivity contribution in [2.24, 2.45) is 5.92 Å². The quantitative estimate of drug-likeness (QED) is 0.617. The van der Waals surface area contributed by atoms with Gasteiger partial charge in [0.05, 0.1) is 12.2 Å². The highest BCUT2D eigenvalue weighted by Gasteiger charge is 2.31. The van der Waals surface area contributed by atoms with E-state index in [9.17, 15) is 13.2 Å². The second-order valence-corrected chi connectivity index (χ2v) is 8.36. The summed E-state index contributed by atoms with van der Waals surface area (Å²) in [6.45, 7) is 0.621. The van der Waals surface area contributed by atoms with Gasteiger partial charge in [0.15, 0.2) is 0 Å². The molecule has 1 saturated heterocycles. The lowest BCUT2D eigenvalue weighted by atomic mass is 10.00. The topological polar surface area (TPSA) is 63.7 Å². The first-order chi connectivity index (χ1) is 11.4. The van der Waals surface area contributed by atoms with E-state index < -0.39 is 21.9 Å². The predicted molar refractivity (Wildman–Crippen MR) is 93.7 cm³/mol. The van der Waals surface area contributed by atoms with Crippen molar-refractivity contribution in [3.63, 3.8) is 0 Å². The van der Waals surface area contributed by atoms with Crippen LogP contribution in [0.4, 0.5) is 0 Å². The Balaban J connectivity index is 1.82. The van der Waals surface area contributed by atoms with E-state index in [2.05, 4.69) is 0 Å². The van der Waals surface area contributed by atoms with Crippen LogP contribution in [0.1, 0.15) is 12.8 Å². The van der Waals surface area contributed by atoms with E-state index in [1.165, 1.54) is 4.31 Å². The first-order valence-electron chi connectivity index (χ1n) is 7.70. The maximum absolute atomic E-state index is 12.5. The number of carbonyl (C=O) groups is 1. The number of nitrogens with zero attached hydrogens (tertiary/aromatic N) is 1. The molecule has 0 unspecified atom stereocenters. The average molecular weight is 368 g/mol. The Labute approximate surface area is 146 Å². The van der Waals surface area contributed by atoms with E-state index in [0.29, 0.717) is 30.2 Å². The van der Waals surface area contributed by atoms with Crippen molar-refractivity contribution in [1.82, 2.24) is 4.31 Å². The molecule has 0 radical (unpaired) electrons. The zero-order chi connectivity index (χ0) is 17.3. The first-order valence-corrected chi connectivity index (χ1v) is 9.93. The first kappa shape index (κ1) is 17.2. The summed E-state index contributed by atoms with van der Waals surface area (Å²) < 4.78 is 30.3. The molecule has 0 N–H and O–H groups in total. The average Bonchev–Trinajstić information content (AvgIpc) is 2.57. The monoisotopic (exact) mass is 367 g/mol. The van der Waals surface area contributed by atoms with Gasteiger partial charge in [-0.25, -0.2) is 12.7 Å². The van der Waals surface area contributed by atoms with Crippen molar-refractivity contribution < 1.29 is 17.9 Å². The number of piperidine rings is 1. The van der Waals surface area contributed by atoms with Crippen LogP contribution < -0.4 is 4.74 Å². The van der Waals surface area contributed by atoms with E-state index in [0.717, 1.165) is 17.0 Å². The van der Waals surface area contributed by atoms with Gasteiger partial charge < -0.3 is 4.74 Å². The number of ether oxygens (including phenoxy) is 1. The van der Waals surface area contributed by atoms with Crippen molar-refractivity contribution in [1.29, 1.82) is 0 Å². The molecular weight excluding hydrogens is 350 g/mol. The Hall–Kier alpha value is -1.63. The van der Waals surface area contributed by atoms with Crippen molar-refractivity contribution in [2.75, 3.05) is 19.3 Å². The van der Waals surface area contributed by atoms with Gasteiger partial charge in [-0.05, 0) is 25.0 Å². The Morgan fingerprint density at radius 2 is 1.92 bits per heavy atom. The van der Waals surface area contributed by atoms with Crippen LogP contribution in [0.2, 0.25) is 5.02 Å². The molecule has 2 aromatic rings. The molecular formula is C17H18ClNO4S. The lowest BCUT2D eigenvalue weighted by molar-refractivity contribution is -0.140. The molecule has 1 fully saturated rings. The van der Waals surface area contributed by atoms with Gasteiger partial charge in [-0.3, -0.25) is 4.79 Å². The third-order valence-electron chi connectivity index (χ3n) is 4.23. The largest absolute Gasteiger partial charge is 0.426 e. The van der Waals surface area contributed by atoms with Gasteiger partial charge in [0, 0.05) is 28.9 Å². The molecule has 128 valence electrons. The molecule has 0 aliphatic carbocycles. The fourth-order valence-electron chi connectivity index (χ4n) is 2.95. The number of sulfonamides is 1. The summed E-state index contributed by atoms with van der Waals surface area (Å²) >= 11 is 6.17. The SMILES string of the molecule is CS(=O)(=O)N1CCC[C@H](C(=O)Oc2ccc(Cl)c3ccccc23)C1. The molecule has 7 heteroatoms. The van der Waals surface area contributed by atoms with Gasteiger partial charge in [0.2, 0.25) is 10.0 Å². The lowest BCUT2D eigenvalue weighted by Crippen LogP contribution is -2.42. The molecule has 24 heavy (non-hydrogen) atoms. The van der Waals surface area contributed by atoms with Crippen molar-refractivity contribution in [3.8, 4) is 5.75 Å². The standard InChI is InChI=1S/C17H18ClNO4S/c1-24(21,22)19-10-4-5-12(11-19)17(20)23-16-9-8-15(18)13-6-2-3-7-14(13)16/h2-3,6-9,12H,4-5,10-11H2,1H3/t12-/m0/s1. The van der Waals surface area contributed by atoms with E-state index in [1.54, 1.807) is 12.1 Å². The van der Waals surface area contributed by atoms with Gasteiger partial charge >= 0.3 is 5.97 Å². The molecule has 1 heterocycles. The van der Waals surface area contributed by atoms with E-state index in [-0.39, 0.29) is 6.54 Å². The fraction of sp³-hybridized carbons (Fsp3) is 0.353. The van der Waals surface area contributed by atoms with Crippen LogP contribution in [0.3, 0.4) is 0 Å². The number of hydrogen-bond donors (Lipinski definition) is 0. The Morgan fingerprint density at radius 1 is 1.21 bits per heavy atom. The Morgan fingerprint density at radius 3 is 2.62 bits per heavy atom. The van der Waals surface area contributed by atoms with Crippen LogP contribution in [0.15, 0.2) is 36.4 Å². The molecule has 0 amide bonds. The lowest BCUT2D eigenvalue weighted by Gasteiger charge is -2.29. The second kappa shape index (κ2) is 6.70. The van der Waals surface area contributed by atoms with Crippen LogP contribution in [0.25, 0.3) is 10.8 Å². The van der Waals surface area contributed by atoms with Crippen molar-refractivity contribution in [2.45, 2.75) is 12.8 Å². The normalized spacial score (nSPS) is 19.3. The molecule has 0 bridgehead atoms. The predicted octanol–water partition coefficient (Wildman–Crippen LogP) is 3.07. The highest BCUT2D eigenvalue weighted by Crippen LogP contribution is 2.32. The molecule has 2 aromatic carbocycles. The number of fused-ring (bicyclic) bond motifs is 1. The van der Waals surface area contributed by atoms with Gasteiger partial charge in [-0.2, -0.15) is 0 Å². The second-order valence-electron chi connectivity index (χ2n) is 5.97. The minimum Gasteiger partial charge on any atom is -0.426 e. The van der Waals surface area contributed by atoms with Crippen LogP contribution in [0, 0.1) is 5.92 Å². The van der Waals surface area contributed by atoms with Gasteiger partial charge in [-0.1, -0.05) is 35.9 Å². The molecule has 3 rings (SSSR count). The zero-order valence-corrected chi connectivity index (χ0v) is 14.8. The molecule has 1 aliphatic rings. The Bertz CT molecular complexity index is 881. The summed E-state index contributed by atoms with van der Waals surface area (Å²) in [6, 6.07) is 10.8. The summed E-state index contributed by atoms with van der Waals surface area (Å²) in [5, 5.41) is 2.16.